The molecule has 0 aliphatic carbocycles. The lowest BCUT2D eigenvalue weighted by molar-refractivity contribution is -0.121. The Hall–Kier alpha value is -3.15. The largest absolute Gasteiger partial charge is 0.354 e. The molecule has 0 spiro atoms. The zero-order valence-electron chi connectivity index (χ0n) is 14.0. The van der Waals surface area contributed by atoms with E-state index >= 15 is 0 Å². The van der Waals surface area contributed by atoms with Crippen LogP contribution in [0.5, 0.6) is 0 Å². The standard InChI is InChI=1S/C19H19N5O/c1-14-12-15-6-2-3-7-16(15)24(14)13-19(25)20-10-9-18-22-21-17-8-4-5-11-23(17)18/h2-8,11-12H,9-10,13H2,1H3,(H,20,25). The Labute approximate surface area is 145 Å². The number of aryl methyl sites for hydroxylation is 1. The van der Waals surface area contributed by atoms with Gasteiger partial charge in [0.2, 0.25) is 5.91 Å². The first-order valence-electron chi connectivity index (χ1n) is 8.32. The van der Waals surface area contributed by atoms with Crippen LogP contribution in [0.25, 0.3) is 16.6 Å². The molecule has 0 unspecified atom stereocenters. The Morgan fingerprint density at radius 3 is 2.88 bits per heavy atom. The summed E-state index contributed by atoms with van der Waals surface area (Å²) in [4.78, 5) is 12.3. The fourth-order valence-corrected chi connectivity index (χ4v) is 3.13. The van der Waals surface area contributed by atoms with E-state index in [-0.39, 0.29) is 5.91 Å². The van der Waals surface area contributed by atoms with Crippen LogP contribution in [0.2, 0.25) is 0 Å². The minimum absolute atomic E-state index is 0.00160. The van der Waals surface area contributed by atoms with E-state index in [1.54, 1.807) is 0 Å². The van der Waals surface area contributed by atoms with Crippen molar-refractivity contribution in [2.24, 2.45) is 0 Å². The first kappa shape index (κ1) is 15.4. The number of nitrogens with one attached hydrogen (secondary N) is 1. The van der Waals surface area contributed by atoms with Crippen LogP contribution in [-0.2, 0) is 17.8 Å². The Morgan fingerprint density at radius 1 is 1.12 bits per heavy atom. The average molecular weight is 333 g/mol. The molecule has 0 bridgehead atoms. The van der Waals surface area contributed by atoms with Crippen LogP contribution >= 0.6 is 0 Å². The lowest BCUT2D eigenvalue weighted by Crippen LogP contribution is -2.30. The number of pyridine rings is 1. The van der Waals surface area contributed by atoms with Crippen LogP contribution in [0.3, 0.4) is 0 Å². The Morgan fingerprint density at radius 2 is 1.96 bits per heavy atom. The molecule has 1 N–H and O–H groups in total. The summed E-state index contributed by atoms with van der Waals surface area (Å²) < 4.78 is 3.98. The zero-order valence-corrected chi connectivity index (χ0v) is 14.0. The van der Waals surface area contributed by atoms with Crippen LogP contribution < -0.4 is 5.32 Å². The number of benzene rings is 1. The van der Waals surface area contributed by atoms with Crippen molar-refractivity contribution in [1.29, 1.82) is 0 Å². The number of hydrogen-bond donors (Lipinski definition) is 1. The van der Waals surface area contributed by atoms with Crippen molar-refractivity contribution in [1.82, 2.24) is 24.5 Å². The van der Waals surface area contributed by atoms with Gasteiger partial charge in [0.05, 0.1) is 0 Å². The minimum Gasteiger partial charge on any atom is -0.354 e. The van der Waals surface area contributed by atoms with Gasteiger partial charge in [-0.1, -0.05) is 24.3 Å². The molecule has 0 aliphatic rings. The van der Waals surface area contributed by atoms with Gasteiger partial charge in [-0.05, 0) is 36.6 Å². The third kappa shape index (κ3) is 2.98. The number of rotatable bonds is 5. The van der Waals surface area contributed by atoms with Crippen LogP contribution in [0.1, 0.15) is 11.5 Å². The van der Waals surface area contributed by atoms with Crippen LogP contribution in [0, 0.1) is 6.92 Å². The summed E-state index contributed by atoms with van der Waals surface area (Å²) in [6.45, 7) is 2.88. The van der Waals surface area contributed by atoms with Crippen molar-refractivity contribution in [2.75, 3.05) is 6.54 Å². The molecule has 4 aromatic rings. The molecule has 0 saturated carbocycles. The Kier molecular flexibility index (Phi) is 3.93. The Bertz CT molecular complexity index is 1050. The van der Waals surface area contributed by atoms with E-state index in [4.69, 9.17) is 0 Å². The number of amides is 1. The number of para-hydroxylation sites is 1. The molecular formula is C19H19N5O. The molecule has 3 aromatic heterocycles. The molecule has 6 nitrogen and oxygen atoms in total. The minimum atomic E-state index is -0.00160. The molecule has 1 aromatic carbocycles. The van der Waals surface area contributed by atoms with Gasteiger partial charge in [-0.25, -0.2) is 0 Å². The maximum absolute atomic E-state index is 12.3. The number of carbonyl (C=O) groups is 1. The van der Waals surface area contributed by atoms with Gasteiger partial charge in [-0.3, -0.25) is 9.20 Å². The third-order valence-corrected chi connectivity index (χ3v) is 4.37. The van der Waals surface area contributed by atoms with Gasteiger partial charge in [0, 0.05) is 30.4 Å². The second-order valence-electron chi connectivity index (χ2n) is 6.08. The van der Waals surface area contributed by atoms with E-state index in [2.05, 4.69) is 27.6 Å². The fourth-order valence-electron chi connectivity index (χ4n) is 3.13. The second kappa shape index (κ2) is 6.39. The predicted octanol–water partition coefficient (Wildman–Crippen LogP) is 2.35. The monoisotopic (exact) mass is 333 g/mol. The van der Waals surface area contributed by atoms with Crippen LogP contribution in [0.4, 0.5) is 0 Å². The fraction of sp³-hybridized carbons (Fsp3) is 0.211. The smallest absolute Gasteiger partial charge is 0.239 e. The maximum Gasteiger partial charge on any atom is 0.239 e. The van der Waals surface area contributed by atoms with E-state index in [0.717, 1.165) is 28.1 Å². The lowest BCUT2D eigenvalue weighted by atomic mass is 10.2. The predicted molar refractivity (Wildman–Crippen MR) is 96.4 cm³/mol. The number of aromatic nitrogens is 4. The molecule has 25 heavy (non-hydrogen) atoms. The van der Waals surface area contributed by atoms with Gasteiger partial charge in [0.15, 0.2) is 5.65 Å². The summed E-state index contributed by atoms with van der Waals surface area (Å²) in [5, 5.41) is 12.4. The molecule has 126 valence electrons. The van der Waals surface area contributed by atoms with Gasteiger partial charge in [0.25, 0.3) is 0 Å². The second-order valence-corrected chi connectivity index (χ2v) is 6.08. The van der Waals surface area contributed by atoms with E-state index in [1.165, 1.54) is 0 Å². The summed E-state index contributed by atoms with van der Waals surface area (Å²) in [6.07, 6.45) is 2.57. The van der Waals surface area contributed by atoms with E-state index in [9.17, 15) is 4.79 Å². The topological polar surface area (TPSA) is 64.2 Å². The van der Waals surface area contributed by atoms with Gasteiger partial charge in [-0.2, -0.15) is 0 Å². The summed E-state index contributed by atoms with van der Waals surface area (Å²) in [7, 11) is 0. The highest BCUT2D eigenvalue weighted by atomic mass is 16.1. The summed E-state index contributed by atoms with van der Waals surface area (Å²) >= 11 is 0. The number of fused-ring (bicyclic) bond motifs is 2. The highest BCUT2D eigenvalue weighted by Crippen LogP contribution is 2.18. The van der Waals surface area contributed by atoms with Crippen molar-refractivity contribution in [3.8, 4) is 0 Å². The zero-order chi connectivity index (χ0) is 17.2. The van der Waals surface area contributed by atoms with Crippen LogP contribution in [-0.4, -0.2) is 31.6 Å². The molecule has 4 rings (SSSR count). The number of hydrogen-bond acceptors (Lipinski definition) is 3. The van der Waals surface area contributed by atoms with Crippen molar-refractivity contribution in [3.63, 3.8) is 0 Å². The SMILES string of the molecule is Cc1cc2ccccc2n1CC(=O)NCCc1nnc2ccccn12. The number of nitrogens with zero attached hydrogens (tertiary/aromatic N) is 4. The molecule has 1 amide bonds. The molecule has 0 saturated heterocycles. The van der Waals surface area contributed by atoms with Gasteiger partial charge >= 0.3 is 0 Å². The molecule has 0 atom stereocenters. The average Bonchev–Trinajstić information content (AvgIpc) is 3.17. The quantitative estimate of drug-likeness (QED) is 0.610. The van der Waals surface area contributed by atoms with E-state index in [0.29, 0.717) is 19.5 Å². The van der Waals surface area contributed by atoms with E-state index < -0.39 is 0 Å². The Balaban J connectivity index is 1.40. The van der Waals surface area contributed by atoms with Crippen LogP contribution in [0.15, 0.2) is 54.7 Å². The van der Waals surface area contributed by atoms with Gasteiger partial charge < -0.3 is 9.88 Å². The highest BCUT2D eigenvalue weighted by Gasteiger charge is 2.10. The normalized spacial score (nSPS) is 11.2. The van der Waals surface area contributed by atoms with Crippen molar-refractivity contribution < 1.29 is 4.79 Å². The highest BCUT2D eigenvalue weighted by molar-refractivity contribution is 5.84. The van der Waals surface area contributed by atoms with Crippen molar-refractivity contribution in [2.45, 2.75) is 19.9 Å². The lowest BCUT2D eigenvalue weighted by Gasteiger charge is -2.09. The molecule has 0 radical (unpaired) electrons. The first-order chi connectivity index (χ1) is 12.2. The molecular weight excluding hydrogens is 314 g/mol. The van der Waals surface area contributed by atoms with Crippen molar-refractivity contribution >= 4 is 22.5 Å². The molecule has 0 fully saturated rings. The summed E-state index contributed by atoms with van der Waals surface area (Å²) in [5.41, 5.74) is 2.98. The molecule has 6 heteroatoms. The molecule has 0 aliphatic heterocycles. The van der Waals surface area contributed by atoms with Crippen molar-refractivity contribution in [3.05, 3.63) is 66.2 Å². The first-order valence-corrected chi connectivity index (χ1v) is 8.32. The van der Waals surface area contributed by atoms with E-state index in [1.807, 2.05) is 58.5 Å². The summed E-state index contributed by atoms with van der Waals surface area (Å²) in [5.74, 6) is 0.844. The third-order valence-electron chi connectivity index (χ3n) is 4.37. The summed E-state index contributed by atoms with van der Waals surface area (Å²) in [6, 6.07) is 16.0. The number of carbonyl (C=O) groups excluding carboxylic acids is 1. The maximum atomic E-state index is 12.3. The van der Waals surface area contributed by atoms with Gasteiger partial charge in [-0.15, -0.1) is 10.2 Å². The molecule has 3 heterocycles. The van der Waals surface area contributed by atoms with Gasteiger partial charge in [0.1, 0.15) is 12.4 Å².